The molecule has 0 spiro atoms. The number of hydrogen-bond acceptors (Lipinski definition) is 4. The first kappa shape index (κ1) is 17.7. The standard InChI is InChI=1S/C15H21NO4S/c1-13-12-15(8-7-14(13)6-4-5-10-17)21(18,19)16(2)9-11-20-3/h7-8,12,17H,5,9-11H2,1-3H3. The largest absolute Gasteiger partial charge is 0.395 e. The van der Waals surface area contributed by atoms with Crippen molar-refractivity contribution in [2.45, 2.75) is 18.2 Å². The first-order chi connectivity index (χ1) is 9.93. The molecule has 1 rings (SSSR count). The maximum absolute atomic E-state index is 12.4. The van der Waals surface area contributed by atoms with Crippen LogP contribution in [0.25, 0.3) is 0 Å². The Labute approximate surface area is 126 Å². The van der Waals surface area contributed by atoms with E-state index in [1.807, 2.05) is 6.92 Å². The quantitative estimate of drug-likeness (QED) is 0.796. The second-order valence-corrected chi connectivity index (χ2v) is 6.62. The van der Waals surface area contributed by atoms with Gasteiger partial charge in [0.25, 0.3) is 0 Å². The predicted octanol–water partition coefficient (Wildman–Crippen LogP) is 0.996. The molecule has 0 saturated heterocycles. The van der Waals surface area contributed by atoms with Crippen LogP contribution < -0.4 is 0 Å². The van der Waals surface area contributed by atoms with Gasteiger partial charge in [-0.25, -0.2) is 8.42 Å². The van der Waals surface area contributed by atoms with Crippen molar-refractivity contribution < 1.29 is 18.3 Å². The third-order valence-corrected chi connectivity index (χ3v) is 4.83. The lowest BCUT2D eigenvalue weighted by Crippen LogP contribution is -2.30. The molecule has 0 bridgehead atoms. The number of aryl methyl sites for hydroxylation is 1. The monoisotopic (exact) mass is 311 g/mol. The zero-order valence-electron chi connectivity index (χ0n) is 12.6. The highest BCUT2D eigenvalue weighted by atomic mass is 32.2. The van der Waals surface area contributed by atoms with Crippen molar-refractivity contribution in [2.75, 3.05) is 33.9 Å². The van der Waals surface area contributed by atoms with Gasteiger partial charge in [0, 0.05) is 32.7 Å². The summed E-state index contributed by atoms with van der Waals surface area (Å²) in [4.78, 5) is 0.242. The van der Waals surface area contributed by atoms with Gasteiger partial charge in [-0.15, -0.1) is 0 Å². The molecule has 0 aliphatic carbocycles. The summed E-state index contributed by atoms with van der Waals surface area (Å²) in [5, 5.41) is 8.70. The molecule has 0 amide bonds. The Hall–Kier alpha value is -1.39. The molecule has 0 saturated carbocycles. The molecule has 0 atom stereocenters. The number of aliphatic hydroxyl groups excluding tert-OH is 1. The number of sulfonamides is 1. The normalized spacial score (nSPS) is 11.3. The van der Waals surface area contributed by atoms with Crippen molar-refractivity contribution in [2.24, 2.45) is 0 Å². The van der Waals surface area contributed by atoms with E-state index in [0.717, 1.165) is 11.1 Å². The molecule has 0 heterocycles. The first-order valence-electron chi connectivity index (χ1n) is 6.59. The molecular formula is C15H21NO4S. The van der Waals surface area contributed by atoms with Crippen molar-refractivity contribution in [3.05, 3.63) is 29.3 Å². The van der Waals surface area contributed by atoms with Gasteiger partial charge in [-0.1, -0.05) is 11.8 Å². The van der Waals surface area contributed by atoms with Gasteiger partial charge in [0.2, 0.25) is 10.0 Å². The Kier molecular flexibility index (Phi) is 6.85. The Bertz CT molecular complexity index is 629. The highest BCUT2D eigenvalue weighted by Crippen LogP contribution is 2.18. The Balaban J connectivity index is 3.00. The van der Waals surface area contributed by atoms with E-state index < -0.39 is 10.0 Å². The molecule has 1 aromatic rings. The topological polar surface area (TPSA) is 66.8 Å². The van der Waals surface area contributed by atoms with Crippen molar-refractivity contribution >= 4 is 10.0 Å². The minimum atomic E-state index is -3.51. The van der Waals surface area contributed by atoms with Gasteiger partial charge >= 0.3 is 0 Å². The second kappa shape index (κ2) is 8.15. The highest BCUT2D eigenvalue weighted by molar-refractivity contribution is 7.89. The van der Waals surface area contributed by atoms with E-state index in [1.54, 1.807) is 18.2 Å². The number of hydrogen-bond donors (Lipinski definition) is 1. The zero-order chi connectivity index (χ0) is 15.9. The molecule has 1 N–H and O–H groups in total. The number of aliphatic hydroxyl groups is 1. The van der Waals surface area contributed by atoms with Crippen LogP contribution in [0.1, 0.15) is 17.5 Å². The van der Waals surface area contributed by atoms with Crippen LogP contribution in [0.2, 0.25) is 0 Å². The second-order valence-electron chi connectivity index (χ2n) is 4.57. The highest BCUT2D eigenvalue weighted by Gasteiger charge is 2.20. The molecule has 0 aliphatic rings. The van der Waals surface area contributed by atoms with Gasteiger partial charge in [0.05, 0.1) is 18.1 Å². The first-order valence-corrected chi connectivity index (χ1v) is 8.03. The number of ether oxygens (including phenoxy) is 1. The van der Waals surface area contributed by atoms with Gasteiger partial charge < -0.3 is 9.84 Å². The van der Waals surface area contributed by atoms with Crippen LogP contribution in [0.15, 0.2) is 23.1 Å². The van der Waals surface area contributed by atoms with Crippen LogP contribution in [-0.4, -0.2) is 51.7 Å². The van der Waals surface area contributed by atoms with E-state index in [9.17, 15) is 8.42 Å². The molecule has 0 radical (unpaired) electrons. The Morgan fingerprint density at radius 1 is 1.38 bits per heavy atom. The summed E-state index contributed by atoms with van der Waals surface area (Å²) in [5.74, 6) is 5.74. The van der Waals surface area contributed by atoms with E-state index in [-0.39, 0.29) is 11.5 Å². The molecule has 0 fully saturated rings. The van der Waals surface area contributed by atoms with Crippen molar-refractivity contribution in [3.63, 3.8) is 0 Å². The van der Waals surface area contributed by atoms with Crippen LogP contribution in [0, 0.1) is 18.8 Å². The average molecular weight is 311 g/mol. The summed E-state index contributed by atoms with van der Waals surface area (Å²) in [7, 11) is -0.452. The van der Waals surface area contributed by atoms with E-state index >= 15 is 0 Å². The molecule has 21 heavy (non-hydrogen) atoms. The molecule has 0 unspecified atom stereocenters. The summed E-state index contributed by atoms with van der Waals surface area (Å²) >= 11 is 0. The summed E-state index contributed by atoms with van der Waals surface area (Å²) in [6, 6.07) is 4.85. The maximum atomic E-state index is 12.4. The summed E-state index contributed by atoms with van der Waals surface area (Å²) in [6.45, 7) is 2.48. The van der Waals surface area contributed by atoms with Crippen molar-refractivity contribution in [1.82, 2.24) is 4.31 Å². The minimum absolute atomic E-state index is 0.0167. The van der Waals surface area contributed by atoms with Crippen LogP contribution in [0.4, 0.5) is 0 Å². The molecule has 5 nitrogen and oxygen atoms in total. The third-order valence-electron chi connectivity index (χ3n) is 2.98. The van der Waals surface area contributed by atoms with Crippen molar-refractivity contribution in [1.29, 1.82) is 0 Å². The lowest BCUT2D eigenvalue weighted by Gasteiger charge is -2.17. The van der Waals surface area contributed by atoms with Gasteiger partial charge in [-0.2, -0.15) is 4.31 Å². The molecule has 0 aliphatic heterocycles. The van der Waals surface area contributed by atoms with E-state index in [2.05, 4.69) is 11.8 Å². The van der Waals surface area contributed by atoms with Gasteiger partial charge in [-0.3, -0.25) is 0 Å². The van der Waals surface area contributed by atoms with E-state index in [4.69, 9.17) is 9.84 Å². The average Bonchev–Trinajstić information content (AvgIpc) is 2.46. The molecule has 0 aromatic heterocycles. The fraction of sp³-hybridized carbons (Fsp3) is 0.467. The maximum Gasteiger partial charge on any atom is 0.242 e. The SMILES string of the molecule is COCCN(C)S(=O)(=O)c1ccc(C#CCCO)c(C)c1. The lowest BCUT2D eigenvalue weighted by atomic mass is 10.1. The Morgan fingerprint density at radius 2 is 2.10 bits per heavy atom. The molecule has 116 valence electrons. The number of benzene rings is 1. The number of rotatable bonds is 6. The smallest absolute Gasteiger partial charge is 0.242 e. The number of methoxy groups -OCH3 is 1. The third kappa shape index (κ3) is 4.83. The lowest BCUT2D eigenvalue weighted by molar-refractivity contribution is 0.185. The van der Waals surface area contributed by atoms with Gasteiger partial charge in [0.15, 0.2) is 0 Å². The fourth-order valence-corrected chi connectivity index (χ4v) is 2.91. The summed E-state index contributed by atoms with van der Waals surface area (Å²) in [6.07, 6.45) is 0.402. The Morgan fingerprint density at radius 3 is 2.67 bits per heavy atom. The van der Waals surface area contributed by atoms with E-state index in [0.29, 0.717) is 19.6 Å². The summed E-state index contributed by atoms with van der Waals surface area (Å²) in [5.41, 5.74) is 1.56. The predicted molar refractivity (Wildman–Crippen MR) is 81.5 cm³/mol. The summed E-state index contributed by atoms with van der Waals surface area (Å²) < 4.78 is 30.9. The van der Waals surface area contributed by atoms with Crippen molar-refractivity contribution in [3.8, 4) is 11.8 Å². The van der Waals surface area contributed by atoms with Gasteiger partial charge in [0.1, 0.15) is 0 Å². The fourth-order valence-electron chi connectivity index (χ4n) is 1.67. The molecule has 6 heteroatoms. The van der Waals surface area contributed by atoms with E-state index in [1.165, 1.54) is 18.5 Å². The minimum Gasteiger partial charge on any atom is -0.395 e. The van der Waals surface area contributed by atoms with Crippen LogP contribution in [0.5, 0.6) is 0 Å². The number of likely N-dealkylation sites (N-methyl/N-ethyl adjacent to an activating group) is 1. The van der Waals surface area contributed by atoms with Crippen LogP contribution in [0.3, 0.4) is 0 Å². The van der Waals surface area contributed by atoms with Crippen LogP contribution >= 0.6 is 0 Å². The number of nitrogens with zero attached hydrogens (tertiary/aromatic N) is 1. The molecular weight excluding hydrogens is 290 g/mol. The van der Waals surface area contributed by atoms with Gasteiger partial charge in [-0.05, 0) is 30.7 Å². The molecule has 1 aromatic carbocycles. The zero-order valence-corrected chi connectivity index (χ0v) is 13.4. The van der Waals surface area contributed by atoms with Crippen LogP contribution in [-0.2, 0) is 14.8 Å².